The number of benzene rings is 1. The summed E-state index contributed by atoms with van der Waals surface area (Å²) in [6.07, 6.45) is 1.67. The van der Waals surface area contributed by atoms with Crippen molar-refractivity contribution in [3.8, 4) is 0 Å². The van der Waals surface area contributed by atoms with Gasteiger partial charge in [0, 0.05) is 7.05 Å². The first kappa shape index (κ1) is 12.3. The molecule has 0 bridgehead atoms. The molecule has 17 heavy (non-hydrogen) atoms. The first-order valence-corrected chi connectivity index (χ1v) is 6.18. The second-order valence-electron chi connectivity index (χ2n) is 3.80. The molecule has 1 saturated heterocycles. The summed E-state index contributed by atoms with van der Waals surface area (Å²) in [7, 11) is 1.63. The molecule has 2 rings (SSSR count). The predicted molar refractivity (Wildman–Crippen MR) is 72.1 cm³/mol. The molecule has 1 amide bonds. The van der Waals surface area contributed by atoms with Crippen LogP contribution in [-0.2, 0) is 4.79 Å². The Bertz CT molecular complexity index is 519. The first-order valence-electron chi connectivity index (χ1n) is 4.96. The van der Waals surface area contributed by atoms with Gasteiger partial charge in [-0.2, -0.15) is 0 Å². The predicted octanol–water partition coefficient (Wildman–Crippen LogP) is 2.97. The Balaban J connectivity index is 2.37. The second-order valence-corrected chi connectivity index (χ2v) is 5.48. The minimum Gasteiger partial charge on any atom is -0.296 e. The molecule has 5 heteroatoms. The van der Waals surface area contributed by atoms with E-state index in [0.717, 1.165) is 5.56 Å². The van der Waals surface area contributed by atoms with Crippen molar-refractivity contribution in [3.63, 3.8) is 0 Å². The molecule has 1 heterocycles. The van der Waals surface area contributed by atoms with Gasteiger partial charge < -0.3 is 0 Å². The zero-order valence-corrected chi connectivity index (χ0v) is 11.0. The van der Waals surface area contributed by atoms with Gasteiger partial charge in [-0.05, 0) is 36.3 Å². The molecular weight excluding hydrogens is 257 g/mol. The van der Waals surface area contributed by atoms with Crippen molar-refractivity contribution in [1.82, 2.24) is 4.90 Å². The highest BCUT2D eigenvalue weighted by Crippen LogP contribution is 2.31. The van der Waals surface area contributed by atoms with Gasteiger partial charge >= 0.3 is 0 Å². The van der Waals surface area contributed by atoms with Crippen LogP contribution in [0.2, 0.25) is 0 Å². The third kappa shape index (κ3) is 2.56. The summed E-state index contributed by atoms with van der Waals surface area (Å²) in [5.41, 5.74) is 1.50. The van der Waals surface area contributed by atoms with Gasteiger partial charge in [0.25, 0.3) is 5.91 Å². The Morgan fingerprint density at radius 1 is 1.41 bits per heavy atom. The molecule has 1 aliphatic heterocycles. The number of thiocarbonyl (C=S) groups is 1. The largest absolute Gasteiger partial charge is 0.296 e. The third-order valence-electron chi connectivity index (χ3n) is 2.35. The zero-order valence-electron chi connectivity index (χ0n) is 9.36. The molecular formula is C12H10FNOS2. The molecule has 0 aromatic heterocycles. The average Bonchev–Trinajstić information content (AvgIpc) is 2.45. The molecule has 1 aliphatic rings. The second kappa shape index (κ2) is 4.58. The fourth-order valence-electron chi connectivity index (χ4n) is 1.54. The lowest BCUT2D eigenvalue weighted by Gasteiger charge is -2.03. The Morgan fingerprint density at radius 3 is 2.65 bits per heavy atom. The molecule has 0 spiro atoms. The van der Waals surface area contributed by atoms with E-state index in [1.54, 1.807) is 13.1 Å². The lowest BCUT2D eigenvalue weighted by molar-refractivity contribution is -0.121. The summed E-state index contributed by atoms with van der Waals surface area (Å²) in [5.74, 6) is -0.440. The van der Waals surface area contributed by atoms with Crippen molar-refractivity contribution in [2.45, 2.75) is 6.92 Å². The van der Waals surface area contributed by atoms with Gasteiger partial charge in [0.2, 0.25) is 0 Å². The Hall–Kier alpha value is -1.20. The molecule has 1 fully saturated rings. The maximum atomic E-state index is 13.2. The van der Waals surface area contributed by atoms with Crippen LogP contribution >= 0.6 is 24.0 Å². The molecule has 1 aromatic rings. The molecule has 0 unspecified atom stereocenters. The van der Waals surface area contributed by atoms with E-state index in [4.69, 9.17) is 12.2 Å². The van der Waals surface area contributed by atoms with Gasteiger partial charge in [0.15, 0.2) is 0 Å². The zero-order chi connectivity index (χ0) is 12.6. The van der Waals surface area contributed by atoms with E-state index >= 15 is 0 Å². The molecule has 2 nitrogen and oxygen atoms in total. The number of halogens is 1. The molecule has 0 N–H and O–H groups in total. The van der Waals surface area contributed by atoms with Crippen LogP contribution in [0, 0.1) is 12.7 Å². The molecule has 0 aliphatic carbocycles. The summed E-state index contributed by atoms with van der Waals surface area (Å²) in [5, 5.41) is 0. The van der Waals surface area contributed by atoms with Gasteiger partial charge in [-0.1, -0.05) is 30.0 Å². The van der Waals surface area contributed by atoms with Crippen molar-refractivity contribution < 1.29 is 9.18 Å². The number of thioether (sulfide) groups is 1. The van der Waals surface area contributed by atoms with Gasteiger partial charge in [0.1, 0.15) is 10.1 Å². The Morgan fingerprint density at radius 2 is 2.12 bits per heavy atom. The number of carbonyl (C=O) groups excluding carboxylic acids is 1. The summed E-state index contributed by atoms with van der Waals surface area (Å²) in [4.78, 5) is 13.7. The number of amides is 1. The fourth-order valence-corrected chi connectivity index (χ4v) is 2.72. The van der Waals surface area contributed by atoms with E-state index < -0.39 is 0 Å². The van der Waals surface area contributed by atoms with Crippen LogP contribution in [0.4, 0.5) is 4.39 Å². The van der Waals surface area contributed by atoms with Gasteiger partial charge in [0.05, 0.1) is 4.91 Å². The van der Waals surface area contributed by atoms with Crippen LogP contribution < -0.4 is 0 Å². The monoisotopic (exact) mass is 267 g/mol. The molecule has 0 atom stereocenters. The molecule has 1 aromatic carbocycles. The lowest BCUT2D eigenvalue weighted by atomic mass is 10.1. The minimum absolute atomic E-state index is 0.137. The van der Waals surface area contributed by atoms with E-state index in [0.29, 0.717) is 14.8 Å². The van der Waals surface area contributed by atoms with Crippen molar-refractivity contribution >= 4 is 40.3 Å². The van der Waals surface area contributed by atoms with Crippen molar-refractivity contribution in [2.75, 3.05) is 7.05 Å². The van der Waals surface area contributed by atoms with Crippen LogP contribution in [0.25, 0.3) is 6.08 Å². The third-order valence-corrected chi connectivity index (χ3v) is 3.83. The van der Waals surface area contributed by atoms with Crippen LogP contribution in [0.3, 0.4) is 0 Å². The lowest BCUT2D eigenvalue weighted by Crippen LogP contribution is -2.22. The SMILES string of the molecule is Cc1cc(F)cc(/C=C2\SC(=S)N(C)C2=O)c1. The van der Waals surface area contributed by atoms with E-state index in [9.17, 15) is 9.18 Å². The Kier molecular flexibility index (Phi) is 3.31. The van der Waals surface area contributed by atoms with E-state index in [1.165, 1.54) is 28.8 Å². The average molecular weight is 267 g/mol. The number of hydrogen-bond acceptors (Lipinski definition) is 3. The minimum atomic E-state index is -0.303. The van der Waals surface area contributed by atoms with E-state index in [2.05, 4.69) is 0 Å². The number of likely N-dealkylation sites (N-methyl/N-ethyl adjacent to an activating group) is 1. The van der Waals surface area contributed by atoms with Crippen molar-refractivity contribution in [1.29, 1.82) is 0 Å². The highest BCUT2D eigenvalue weighted by molar-refractivity contribution is 8.26. The number of aryl methyl sites for hydroxylation is 1. The topological polar surface area (TPSA) is 20.3 Å². The summed E-state index contributed by atoms with van der Waals surface area (Å²) >= 11 is 6.25. The number of hydrogen-bond donors (Lipinski definition) is 0. The quantitative estimate of drug-likeness (QED) is 0.576. The fraction of sp³-hybridized carbons (Fsp3) is 0.167. The maximum Gasteiger partial charge on any atom is 0.265 e. The van der Waals surface area contributed by atoms with Gasteiger partial charge in [-0.3, -0.25) is 9.69 Å². The van der Waals surface area contributed by atoms with Gasteiger partial charge in [-0.15, -0.1) is 0 Å². The summed E-state index contributed by atoms with van der Waals surface area (Å²) < 4.78 is 13.7. The van der Waals surface area contributed by atoms with Crippen LogP contribution in [0.5, 0.6) is 0 Å². The molecule has 88 valence electrons. The van der Waals surface area contributed by atoms with Crippen LogP contribution in [0.1, 0.15) is 11.1 Å². The summed E-state index contributed by atoms with van der Waals surface area (Å²) in [6.45, 7) is 1.81. The normalized spacial score (nSPS) is 18.3. The van der Waals surface area contributed by atoms with Gasteiger partial charge in [-0.25, -0.2) is 4.39 Å². The summed E-state index contributed by atoms with van der Waals surface area (Å²) in [6, 6.07) is 4.67. The molecule has 0 radical (unpaired) electrons. The van der Waals surface area contributed by atoms with E-state index in [-0.39, 0.29) is 11.7 Å². The standard InChI is InChI=1S/C12H10FNOS2/c1-7-3-8(5-9(13)4-7)6-10-11(15)14(2)12(16)17-10/h3-6H,1-2H3/b10-6-. The van der Waals surface area contributed by atoms with Crippen LogP contribution in [-0.4, -0.2) is 22.2 Å². The number of rotatable bonds is 1. The van der Waals surface area contributed by atoms with Crippen molar-refractivity contribution in [2.24, 2.45) is 0 Å². The number of nitrogens with zero attached hydrogens (tertiary/aromatic N) is 1. The first-order chi connectivity index (χ1) is 7.97. The van der Waals surface area contributed by atoms with E-state index in [1.807, 2.05) is 13.0 Å². The number of carbonyl (C=O) groups is 1. The molecule has 0 saturated carbocycles. The maximum absolute atomic E-state index is 13.2. The smallest absolute Gasteiger partial charge is 0.265 e. The highest BCUT2D eigenvalue weighted by atomic mass is 32.2. The Labute approximate surface area is 108 Å². The van der Waals surface area contributed by atoms with Crippen molar-refractivity contribution in [3.05, 3.63) is 40.0 Å². The highest BCUT2D eigenvalue weighted by Gasteiger charge is 2.28. The van der Waals surface area contributed by atoms with Crippen LogP contribution in [0.15, 0.2) is 23.1 Å².